The minimum absolute atomic E-state index is 0.0147. The number of rotatable bonds is 4. The quantitative estimate of drug-likeness (QED) is 0.762. The van der Waals surface area contributed by atoms with Gasteiger partial charge >= 0.3 is 12.1 Å². The summed E-state index contributed by atoms with van der Waals surface area (Å²) in [6.45, 7) is 0. The maximum atomic E-state index is 13.1. The topological polar surface area (TPSA) is 34.1 Å². The van der Waals surface area contributed by atoms with Gasteiger partial charge in [0.15, 0.2) is 9.84 Å². The molecule has 1 aromatic heterocycles. The molecule has 1 fully saturated rings. The summed E-state index contributed by atoms with van der Waals surface area (Å²) in [5.41, 5.74) is 0. The Labute approximate surface area is 122 Å². The van der Waals surface area contributed by atoms with Crippen LogP contribution in [0.3, 0.4) is 0 Å². The van der Waals surface area contributed by atoms with Gasteiger partial charge in [-0.2, -0.15) is 22.0 Å². The average Bonchev–Trinajstić information content (AvgIpc) is 2.96. The van der Waals surface area contributed by atoms with Crippen molar-refractivity contribution in [1.29, 1.82) is 0 Å². The molecule has 0 spiro atoms. The Hall–Kier alpha value is -0.700. The monoisotopic (exact) mass is 348 g/mol. The van der Waals surface area contributed by atoms with E-state index in [1.165, 1.54) is 0 Å². The third-order valence-corrected chi connectivity index (χ3v) is 7.02. The van der Waals surface area contributed by atoms with E-state index in [4.69, 9.17) is 0 Å². The van der Waals surface area contributed by atoms with Crippen LogP contribution in [0.15, 0.2) is 12.1 Å². The van der Waals surface area contributed by atoms with Crippen LogP contribution in [0.1, 0.15) is 35.4 Å². The van der Waals surface area contributed by atoms with Gasteiger partial charge in [0.1, 0.15) is 0 Å². The third kappa shape index (κ3) is 3.39. The lowest BCUT2D eigenvalue weighted by Crippen LogP contribution is -2.32. The lowest BCUT2D eigenvalue weighted by Gasteiger charge is -2.17. The van der Waals surface area contributed by atoms with Gasteiger partial charge in [0, 0.05) is 4.88 Å². The van der Waals surface area contributed by atoms with Gasteiger partial charge in [-0.05, 0) is 25.0 Å². The highest BCUT2D eigenvalue weighted by Gasteiger charge is 2.59. The average molecular weight is 348 g/mol. The van der Waals surface area contributed by atoms with E-state index in [1.807, 2.05) is 0 Å². The minimum atomic E-state index is -5.68. The summed E-state index contributed by atoms with van der Waals surface area (Å²) in [4.78, 5) is -1.16. The molecule has 1 aliphatic carbocycles. The largest absolute Gasteiger partial charge is 0.458 e. The molecule has 9 heteroatoms. The van der Waals surface area contributed by atoms with E-state index in [0.29, 0.717) is 18.9 Å². The molecule has 1 aliphatic rings. The summed E-state index contributed by atoms with van der Waals surface area (Å²) in [6.07, 6.45) is -3.03. The molecule has 0 amide bonds. The Morgan fingerprint density at radius 3 is 2.19 bits per heavy atom. The molecule has 0 N–H and O–H groups in total. The van der Waals surface area contributed by atoms with Crippen LogP contribution in [0.4, 0.5) is 22.0 Å². The maximum Gasteiger partial charge on any atom is 0.458 e. The normalized spacial score (nSPS) is 18.3. The molecule has 2 nitrogen and oxygen atoms in total. The summed E-state index contributed by atoms with van der Waals surface area (Å²) in [7, 11) is -3.50. The number of sulfone groups is 1. The van der Waals surface area contributed by atoms with Gasteiger partial charge in [-0.25, -0.2) is 8.42 Å². The van der Waals surface area contributed by atoms with E-state index in [2.05, 4.69) is 0 Å². The maximum absolute atomic E-state index is 13.1. The summed E-state index contributed by atoms with van der Waals surface area (Å²) < 4.78 is 87.2. The molecule has 0 unspecified atom stereocenters. The number of halogens is 5. The van der Waals surface area contributed by atoms with Crippen LogP contribution in [0.5, 0.6) is 0 Å². The van der Waals surface area contributed by atoms with Gasteiger partial charge in [-0.15, -0.1) is 11.3 Å². The number of hydrogen-bond acceptors (Lipinski definition) is 3. The fourth-order valence-corrected chi connectivity index (χ4v) is 5.63. The smallest absolute Gasteiger partial charge is 0.228 e. The molecule has 0 bridgehead atoms. The van der Waals surface area contributed by atoms with E-state index in [1.54, 1.807) is 0 Å². The first-order valence-electron chi connectivity index (χ1n) is 6.29. The van der Waals surface area contributed by atoms with Gasteiger partial charge in [0.05, 0.1) is 15.9 Å². The van der Waals surface area contributed by atoms with Gasteiger partial charge < -0.3 is 0 Å². The summed E-state index contributed by atoms with van der Waals surface area (Å²) in [5.74, 6) is -5.43. The second kappa shape index (κ2) is 5.49. The summed E-state index contributed by atoms with van der Waals surface area (Å²) in [5, 5.41) is -0.508. The molecule has 21 heavy (non-hydrogen) atoms. The molecule has 1 saturated carbocycles. The van der Waals surface area contributed by atoms with Crippen molar-refractivity contribution in [3.8, 4) is 0 Å². The van der Waals surface area contributed by atoms with E-state index < -0.39 is 37.8 Å². The SMILES string of the molecule is O=S(=O)(Cc1ccc(C(F)(F)C(F)(F)F)s1)C1CCCC1. The molecular formula is C12H13F5O2S2. The van der Waals surface area contributed by atoms with Crippen molar-refractivity contribution in [2.75, 3.05) is 0 Å². The highest BCUT2D eigenvalue weighted by molar-refractivity contribution is 7.91. The predicted molar refractivity (Wildman–Crippen MR) is 69.1 cm³/mol. The highest BCUT2D eigenvalue weighted by Crippen LogP contribution is 2.46. The highest BCUT2D eigenvalue weighted by atomic mass is 32.2. The van der Waals surface area contributed by atoms with Crippen LogP contribution in [0, 0.1) is 0 Å². The second-order valence-corrected chi connectivity index (χ2v) is 8.50. The van der Waals surface area contributed by atoms with Crippen LogP contribution >= 0.6 is 11.3 Å². The van der Waals surface area contributed by atoms with E-state index >= 15 is 0 Å². The Kier molecular flexibility index (Phi) is 4.36. The Balaban J connectivity index is 2.17. The first-order valence-corrected chi connectivity index (χ1v) is 8.82. The molecule has 1 heterocycles. The zero-order valence-corrected chi connectivity index (χ0v) is 12.4. The number of alkyl halides is 5. The molecule has 1 aromatic rings. The van der Waals surface area contributed by atoms with Crippen LogP contribution in [0.2, 0.25) is 0 Å². The van der Waals surface area contributed by atoms with Gasteiger partial charge in [-0.1, -0.05) is 12.8 Å². The molecule has 0 atom stereocenters. The molecule has 0 aromatic carbocycles. The Morgan fingerprint density at radius 1 is 1.10 bits per heavy atom. The van der Waals surface area contributed by atoms with E-state index in [9.17, 15) is 30.4 Å². The first kappa shape index (κ1) is 16.7. The summed E-state index contributed by atoms with van der Waals surface area (Å²) in [6, 6.07) is 1.68. The van der Waals surface area contributed by atoms with Crippen molar-refractivity contribution in [1.82, 2.24) is 0 Å². The Bertz CT molecular complexity index is 597. The molecule has 0 saturated heterocycles. The second-order valence-electron chi connectivity index (χ2n) is 5.05. The fraction of sp³-hybridized carbons (Fsp3) is 0.667. The van der Waals surface area contributed by atoms with Crippen molar-refractivity contribution in [2.45, 2.75) is 48.8 Å². The van der Waals surface area contributed by atoms with Crippen LogP contribution in [-0.4, -0.2) is 19.8 Å². The van der Waals surface area contributed by atoms with Crippen LogP contribution in [-0.2, 0) is 21.5 Å². The van der Waals surface area contributed by atoms with Crippen molar-refractivity contribution < 1.29 is 30.4 Å². The van der Waals surface area contributed by atoms with Crippen molar-refractivity contribution in [3.63, 3.8) is 0 Å². The molecule has 120 valence electrons. The molecule has 0 aliphatic heterocycles. The van der Waals surface area contributed by atoms with Gasteiger partial charge in [0.25, 0.3) is 0 Å². The number of thiophene rings is 1. The van der Waals surface area contributed by atoms with Gasteiger partial charge in [-0.3, -0.25) is 0 Å². The van der Waals surface area contributed by atoms with Crippen molar-refractivity contribution in [3.05, 3.63) is 21.9 Å². The van der Waals surface area contributed by atoms with Gasteiger partial charge in [0.2, 0.25) is 0 Å². The molecule has 2 rings (SSSR count). The lowest BCUT2D eigenvalue weighted by atomic mass is 10.2. The first-order chi connectivity index (χ1) is 9.54. The fourth-order valence-electron chi connectivity index (χ4n) is 2.33. The van der Waals surface area contributed by atoms with E-state index in [0.717, 1.165) is 18.9 Å². The lowest BCUT2D eigenvalue weighted by molar-refractivity contribution is -0.287. The third-order valence-electron chi connectivity index (χ3n) is 3.48. The minimum Gasteiger partial charge on any atom is -0.228 e. The van der Waals surface area contributed by atoms with Crippen molar-refractivity contribution >= 4 is 21.2 Å². The zero-order chi connectivity index (χ0) is 15.9. The number of hydrogen-bond donors (Lipinski definition) is 0. The predicted octanol–water partition coefficient (Wildman–Crippen LogP) is 4.26. The van der Waals surface area contributed by atoms with Crippen molar-refractivity contribution in [2.24, 2.45) is 0 Å². The molecular weight excluding hydrogens is 335 g/mol. The summed E-state index contributed by atoms with van der Waals surface area (Å²) >= 11 is 0.203. The van der Waals surface area contributed by atoms with Crippen LogP contribution in [0.25, 0.3) is 0 Å². The zero-order valence-electron chi connectivity index (χ0n) is 10.8. The standard InChI is InChI=1S/C12H13F5O2S2/c13-11(14,12(15,16)17)10-6-5-8(20-10)7-21(18,19)9-3-1-2-4-9/h5-6,9H,1-4,7H2. The molecule has 0 radical (unpaired) electrons. The van der Waals surface area contributed by atoms with E-state index in [-0.39, 0.29) is 16.2 Å². The van der Waals surface area contributed by atoms with Crippen LogP contribution < -0.4 is 0 Å². The Morgan fingerprint density at radius 2 is 1.67 bits per heavy atom.